The Morgan fingerprint density at radius 2 is 1.83 bits per heavy atom. The molecule has 0 saturated carbocycles. The van der Waals surface area contributed by atoms with Crippen molar-refractivity contribution in [3.05, 3.63) is 17.8 Å². The van der Waals surface area contributed by atoms with E-state index in [-0.39, 0.29) is 17.1 Å². The van der Waals surface area contributed by atoms with Gasteiger partial charge in [0.1, 0.15) is 24.2 Å². The lowest BCUT2D eigenvalue weighted by atomic mass is 10.2. The van der Waals surface area contributed by atoms with Gasteiger partial charge in [0.25, 0.3) is 0 Å². The van der Waals surface area contributed by atoms with Crippen molar-refractivity contribution in [2.24, 2.45) is 0 Å². The van der Waals surface area contributed by atoms with E-state index in [1.165, 1.54) is 17.2 Å². The topological polar surface area (TPSA) is 233 Å². The van der Waals surface area contributed by atoms with E-state index in [4.69, 9.17) is 31.0 Å². The Morgan fingerprint density at radius 1 is 1.13 bits per heavy atom. The molecular weight excluding hydrogens is 497 g/mol. The Kier molecular flexibility index (Phi) is 6.83. The lowest BCUT2D eigenvalue weighted by Gasteiger charge is -2.19. The van der Waals surface area contributed by atoms with E-state index in [1.807, 2.05) is 0 Å². The monoisotopic (exact) mass is 510 g/mol. The van der Waals surface area contributed by atoms with Crippen LogP contribution in [0.1, 0.15) is 12.6 Å². The van der Waals surface area contributed by atoms with E-state index in [0.29, 0.717) is 5.65 Å². The number of phosphoric ester groups is 1. The van der Waals surface area contributed by atoms with Gasteiger partial charge in [-0.05, 0) is 0 Å². The second-order valence-corrected chi connectivity index (χ2v) is 10.6. The number of aliphatic hydroxyl groups is 1. The summed E-state index contributed by atoms with van der Waals surface area (Å²) in [5.41, 5.74) is 0.592. The molecule has 3 heterocycles. The zero-order valence-electron chi connectivity index (χ0n) is 14.4. The molecule has 0 bridgehead atoms. The number of hydrogen-bond acceptors (Lipinski definition) is 11. The average molecular weight is 511 g/mol. The third-order valence-corrected chi connectivity index (χ3v) is 7.73. The number of rotatable bonds is 8. The SMILES string of the molecule is O=P(O)(O)OP(=O)(O)OP(=O)(O)OC[C@H]1O[C@@H](n2cnc3c(Cl)ncnc32)C[C@@H]1O. The molecule has 0 aromatic carbocycles. The molecule has 2 aromatic rings. The molecule has 5 N–H and O–H groups in total. The van der Waals surface area contributed by atoms with Crippen molar-refractivity contribution in [1.29, 1.82) is 0 Å². The first-order chi connectivity index (χ1) is 13.8. The Hall–Kier alpha value is -0.830. The highest BCUT2D eigenvalue weighted by Gasteiger charge is 2.43. The Bertz CT molecular complexity index is 1080. The lowest BCUT2D eigenvalue weighted by molar-refractivity contribution is -0.0423. The highest BCUT2D eigenvalue weighted by Crippen LogP contribution is 2.66. The molecule has 0 spiro atoms. The number of hydrogen-bond donors (Lipinski definition) is 5. The summed E-state index contributed by atoms with van der Waals surface area (Å²) in [7, 11) is -16.5. The van der Waals surface area contributed by atoms with Crippen LogP contribution in [0, 0.1) is 0 Å². The summed E-state index contributed by atoms with van der Waals surface area (Å²) < 4.78 is 52.3. The molecule has 1 aliphatic rings. The lowest BCUT2D eigenvalue weighted by Crippen LogP contribution is -2.26. The second kappa shape index (κ2) is 8.60. The van der Waals surface area contributed by atoms with Crippen molar-refractivity contribution in [1.82, 2.24) is 19.5 Å². The molecule has 5 atom stereocenters. The molecule has 1 fully saturated rings. The molecule has 0 amide bonds. The van der Waals surface area contributed by atoms with Crippen LogP contribution in [0.5, 0.6) is 0 Å². The summed E-state index contributed by atoms with van der Waals surface area (Å²) in [6, 6.07) is 0. The first-order valence-electron chi connectivity index (χ1n) is 7.71. The van der Waals surface area contributed by atoms with E-state index in [0.717, 1.165) is 0 Å². The van der Waals surface area contributed by atoms with Crippen LogP contribution < -0.4 is 0 Å². The van der Waals surface area contributed by atoms with E-state index in [9.17, 15) is 23.7 Å². The predicted molar refractivity (Wildman–Crippen MR) is 94.7 cm³/mol. The van der Waals surface area contributed by atoms with Gasteiger partial charge in [-0.3, -0.25) is 9.09 Å². The normalized spacial score (nSPS) is 26.5. The van der Waals surface area contributed by atoms with Crippen molar-refractivity contribution in [3.63, 3.8) is 0 Å². The number of fused-ring (bicyclic) bond motifs is 1. The number of nitrogens with zero attached hydrogens (tertiary/aromatic N) is 4. The van der Waals surface area contributed by atoms with Crippen molar-refractivity contribution in [2.75, 3.05) is 6.61 Å². The maximum atomic E-state index is 11.8. The van der Waals surface area contributed by atoms with Gasteiger partial charge in [-0.2, -0.15) is 8.62 Å². The van der Waals surface area contributed by atoms with Gasteiger partial charge in [-0.15, -0.1) is 0 Å². The third kappa shape index (κ3) is 5.90. The molecule has 0 aliphatic carbocycles. The smallest absolute Gasteiger partial charge is 0.390 e. The molecule has 1 saturated heterocycles. The minimum Gasteiger partial charge on any atom is -0.390 e. The highest BCUT2D eigenvalue weighted by molar-refractivity contribution is 7.66. The molecule has 30 heavy (non-hydrogen) atoms. The first kappa shape index (κ1) is 23.8. The zero-order valence-corrected chi connectivity index (χ0v) is 17.8. The second-order valence-electron chi connectivity index (χ2n) is 5.81. The minimum absolute atomic E-state index is 0.00247. The van der Waals surface area contributed by atoms with E-state index in [2.05, 4.69) is 28.1 Å². The largest absolute Gasteiger partial charge is 0.490 e. The summed E-state index contributed by atoms with van der Waals surface area (Å²) in [4.78, 5) is 47.4. The quantitative estimate of drug-likeness (QED) is 0.240. The van der Waals surface area contributed by atoms with Crippen LogP contribution in [0.3, 0.4) is 0 Å². The van der Waals surface area contributed by atoms with Gasteiger partial charge in [0, 0.05) is 6.42 Å². The standard InChI is InChI=1S/C10H14ClN4O12P3/c11-9-8-10(13-3-12-9)15(4-14-8)7-1-5(16)6(25-7)2-24-29(20,21)27-30(22,23)26-28(17,18)19/h3-7,16H,1-2H2,(H,20,21)(H,22,23)(H2,17,18,19)/t5-,6+,7+/m0/s1. The Labute approximate surface area is 171 Å². The van der Waals surface area contributed by atoms with Crippen LogP contribution in [0.15, 0.2) is 12.7 Å². The van der Waals surface area contributed by atoms with E-state index in [1.54, 1.807) is 0 Å². The molecule has 168 valence electrons. The van der Waals surface area contributed by atoms with Gasteiger partial charge in [0.2, 0.25) is 0 Å². The molecule has 0 radical (unpaired) electrons. The summed E-state index contributed by atoms with van der Waals surface area (Å²) in [5, 5.41) is 10.2. The number of ether oxygens (including phenoxy) is 1. The van der Waals surface area contributed by atoms with Crippen LogP contribution in [0.2, 0.25) is 5.15 Å². The Morgan fingerprint density at radius 3 is 2.50 bits per heavy atom. The first-order valence-corrected chi connectivity index (χ1v) is 12.6. The Balaban J connectivity index is 1.64. The molecule has 3 rings (SSSR count). The predicted octanol–water partition coefficient (Wildman–Crippen LogP) is 0.471. The van der Waals surface area contributed by atoms with Gasteiger partial charge >= 0.3 is 23.5 Å². The molecular formula is C10H14ClN4O12P3. The third-order valence-electron chi connectivity index (χ3n) is 3.65. The summed E-state index contributed by atoms with van der Waals surface area (Å²) in [6.45, 7) is -0.788. The fourth-order valence-corrected chi connectivity index (χ4v) is 5.75. The fourth-order valence-electron chi connectivity index (χ4n) is 2.54. The summed E-state index contributed by atoms with van der Waals surface area (Å²) in [5.74, 6) is 0. The maximum Gasteiger partial charge on any atom is 0.490 e. The van der Waals surface area contributed by atoms with E-state index >= 15 is 0 Å². The van der Waals surface area contributed by atoms with Gasteiger partial charge in [-0.1, -0.05) is 11.6 Å². The van der Waals surface area contributed by atoms with Gasteiger partial charge in [-0.25, -0.2) is 28.6 Å². The summed E-state index contributed by atoms with van der Waals surface area (Å²) >= 11 is 5.91. The fraction of sp³-hybridized carbons (Fsp3) is 0.500. The van der Waals surface area contributed by atoms with Crippen molar-refractivity contribution >= 4 is 46.2 Å². The van der Waals surface area contributed by atoms with E-state index < -0.39 is 48.5 Å². The molecule has 16 nitrogen and oxygen atoms in total. The number of phosphoric acid groups is 3. The van der Waals surface area contributed by atoms with Gasteiger partial charge in [0.05, 0.1) is 19.0 Å². The number of imidazole rings is 1. The van der Waals surface area contributed by atoms with Crippen molar-refractivity contribution in [3.8, 4) is 0 Å². The zero-order chi connectivity index (χ0) is 22.3. The van der Waals surface area contributed by atoms with Gasteiger partial charge < -0.3 is 29.4 Å². The number of halogens is 1. The molecule has 2 aromatic heterocycles. The van der Waals surface area contributed by atoms with Crippen LogP contribution in [-0.2, 0) is 31.6 Å². The van der Waals surface area contributed by atoms with Crippen LogP contribution in [0.25, 0.3) is 11.2 Å². The summed E-state index contributed by atoms with van der Waals surface area (Å²) in [6.07, 6.45) is -0.663. The highest BCUT2D eigenvalue weighted by atomic mass is 35.5. The van der Waals surface area contributed by atoms with Crippen molar-refractivity contribution < 1.29 is 56.3 Å². The number of aliphatic hydroxyl groups excluding tert-OH is 1. The van der Waals surface area contributed by atoms with Gasteiger partial charge in [0.15, 0.2) is 10.8 Å². The van der Waals surface area contributed by atoms with Crippen molar-refractivity contribution in [2.45, 2.75) is 24.9 Å². The van der Waals surface area contributed by atoms with Crippen LogP contribution in [0.4, 0.5) is 0 Å². The van der Waals surface area contributed by atoms with Crippen LogP contribution in [-0.4, -0.2) is 63.0 Å². The number of aromatic nitrogens is 4. The maximum absolute atomic E-state index is 11.8. The molecule has 20 heteroatoms. The van der Waals surface area contributed by atoms with Crippen LogP contribution >= 0.6 is 35.1 Å². The molecule has 1 aliphatic heterocycles. The average Bonchev–Trinajstić information content (AvgIpc) is 3.14. The molecule has 2 unspecified atom stereocenters. The minimum atomic E-state index is -5.64.